The van der Waals surface area contributed by atoms with E-state index in [-0.39, 0.29) is 24.3 Å². The highest BCUT2D eigenvalue weighted by atomic mass is 16.2. The molecule has 0 bridgehead atoms. The molecule has 164 valence electrons. The van der Waals surface area contributed by atoms with Crippen molar-refractivity contribution in [3.05, 3.63) is 90.0 Å². The molecular weight excluding hydrogens is 404 g/mol. The Morgan fingerprint density at radius 3 is 2.12 bits per heavy atom. The lowest BCUT2D eigenvalue weighted by Crippen LogP contribution is -2.24. The number of amides is 3. The van der Waals surface area contributed by atoms with Gasteiger partial charge in [0, 0.05) is 35.6 Å². The molecule has 7 nitrogen and oxygen atoms in total. The Hall–Kier alpha value is -4.13. The van der Waals surface area contributed by atoms with Gasteiger partial charge in [-0.1, -0.05) is 49.4 Å². The van der Waals surface area contributed by atoms with E-state index in [4.69, 9.17) is 0 Å². The van der Waals surface area contributed by atoms with Crippen LogP contribution < -0.4 is 21.3 Å². The van der Waals surface area contributed by atoms with Gasteiger partial charge < -0.3 is 21.3 Å². The van der Waals surface area contributed by atoms with Crippen LogP contribution in [0.3, 0.4) is 0 Å². The molecule has 0 aliphatic rings. The van der Waals surface area contributed by atoms with Gasteiger partial charge in [-0.05, 0) is 42.0 Å². The lowest BCUT2D eigenvalue weighted by atomic mass is 10.1. The highest BCUT2D eigenvalue weighted by Crippen LogP contribution is 2.16. The van der Waals surface area contributed by atoms with Gasteiger partial charge in [0.15, 0.2) is 0 Å². The Bertz CT molecular complexity index is 1080. The summed E-state index contributed by atoms with van der Waals surface area (Å²) in [5.41, 5.74) is 3.38. The first-order valence-corrected chi connectivity index (χ1v) is 10.4. The zero-order valence-electron chi connectivity index (χ0n) is 17.9. The maximum atomic E-state index is 12.4. The van der Waals surface area contributed by atoms with E-state index in [2.05, 4.69) is 21.3 Å². The fourth-order valence-corrected chi connectivity index (χ4v) is 2.96. The van der Waals surface area contributed by atoms with Crippen molar-refractivity contribution in [3.63, 3.8) is 0 Å². The predicted molar refractivity (Wildman–Crippen MR) is 127 cm³/mol. The van der Waals surface area contributed by atoms with Gasteiger partial charge in [-0.2, -0.15) is 0 Å². The van der Waals surface area contributed by atoms with Crippen LogP contribution in [0.15, 0.2) is 78.9 Å². The van der Waals surface area contributed by atoms with Crippen LogP contribution in [0.25, 0.3) is 0 Å². The van der Waals surface area contributed by atoms with Crippen molar-refractivity contribution in [1.29, 1.82) is 0 Å². The smallest absolute Gasteiger partial charge is 0.251 e. The summed E-state index contributed by atoms with van der Waals surface area (Å²) >= 11 is 0. The normalized spacial score (nSPS) is 10.2. The molecule has 0 aliphatic carbocycles. The van der Waals surface area contributed by atoms with E-state index in [9.17, 15) is 14.4 Å². The minimum absolute atomic E-state index is 0.0373. The fourth-order valence-electron chi connectivity index (χ4n) is 2.96. The molecule has 0 atom stereocenters. The molecule has 4 N–H and O–H groups in total. The van der Waals surface area contributed by atoms with Crippen molar-refractivity contribution < 1.29 is 14.4 Å². The molecule has 0 aromatic heterocycles. The average Bonchev–Trinajstić information content (AvgIpc) is 2.82. The predicted octanol–water partition coefficient (Wildman–Crippen LogP) is 4.02. The standard InChI is InChI=1S/C25H26N4O3/c1-2-23(30)28-22-13-7-11-20(15-22)26-17-24(31)29-21-12-6-10-19(14-21)25(32)27-16-18-8-4-3-5-9-18/h3-15,26H,2,16-17H2,1H3,(H,27,32)(H,28,30)(H,29,31). The summed E-state index contributed by atoms with van der Waals surface area (Å²) in [5, 5.41) is 11.5. The molecule has 0 fully saturated rings. The van der Waals surface area contributed by atoms with Gasteiger partial charge in [-0.3, -0.25) is 14.4 Å². The van der Waals surface area contributed by atoms with Gasteiger partial charge in [0.05, 0.1) is 6.54 Å². The molecular formula is C25H26N4O3. The van der Waals surface area contributed by atoms with Gasteiger partial charge in [-0.25, -0.2) is 0 Å². The Morgan fingerprint density at radius 1 is 0.719 bits per heavy atom. The minimum Gasteiger partial charge on any atom is -0.376 e. The van der Waals surface area contributed by atoms with Crippen molar-refractivity contribution in [2.24, 2.45) is 0 Å². The van der Waals surface area contributed by atoms with Crippen LogP contribution in [-0.2, 0) is 16.1 Å². The van der Waals surface area contributed by atoms with E-state index < -0.39 is 0 Å². The van der Waals surface area contributed by atoms with Gasteiger partial charge in [0.2, 0.25) is 11.8 Å². The lowest BCUT2D eigenvalue weighted by molar-refractivity contribution is -0.116. The first-order chi connectivity index (χ1) is 15.5. The van der Waals surface area contributed by atoms with E-state index in [1.165, 1.54) is 0 Å². The van der Waals surface area contributed by atoms with E-state index in [0.717, 1.165) is 5.56 Å². The first kappa shape index (κ1) is 22.6. The minimum atomic E-state index is -0.255. The number of carbonyl (C=O) groups is 3. The van der Waals surface area contributed by atoms with Gasteiger partial charge in [-0.15, -0.1) is 0 Å². The second-order valence-corrected chi connectivity index (χ2v) is 7.13. The molecule has 0 saturated carbocycles. The fraction of sp³-hybridized carbons (Fsp3) is 0.160. The third kappa shape index (κ3) is 6.98. The summed E-state index contributed by atoms with van der Waals surface area (Å²) in [4.78, 5) is 36.3. The first-order valence-electron chi connectivity index (χ1n) is 10.4. The van der Waals surface area contributed by atoms with E-state index in [1.54, 1.807) is 49.4 Å². The number of hydrogen-bond acceptors (Lipinski definition) is 4. The average molecular weight is 431 g/mol. The molecule has 32 heavy (non-hydrogen) atoms. The molecule has 0 heterocycles. The molecule has 7 heteroatoms. The number of hydrogen-bond donors (Lipinski definition) is 4. The van der Waals surface area contributed by atoms with Crippen molar-refractivity contribution in [1.82, 2.24) is 5.32 Å². The third-order valence-electron chi connectivity index (χ3n) is 4.62. The van der Waals surface area contributed by atoms with E-state index in [0.29, 0.717) is 35.6 Å². The summed E-state index contributed by atoms with van der Waals surface area (Å²) in [6.45, 7) is 2.25. The van der Waals surface area contributed by atoms with Crippen molar-refractivity contribution in [3.8, 4) is 0 Å². The quantitative estimate of drug-likeness (QED) is 0.412. The second kappa shape index (κ2) is 11.3. The molecule has 0 radical (unpaired) electrons. The van der Waals surface area contributed by atoms with Crippen molar-refractivity contribution in [2.45, 2.75) is 19.9 Å². The van der Waals surface area contributed by atoms with Crippen molar-refractivity contribution in [2.75, 3.05) is 22.5 Å². The number of nitrogens with one attached hydrogen (secondary N) is 4. The number of rotatable bonds is 9. The summed E-state index contributed by atoms with van der Waals surface area (Å²) in [6, 6.07) is 23.6. The summed E-state index contributed by atoms with van der Waals surface area (Å²) in [7, 11) is 0. The van der Waals surface area contributed by atoms with Gasteiger partial charge in [0.1, 0.15) is 0 Å². The van der Waals surface area contributed by atoms with Gasteiger partial charge >= 0.3 is 0 Å². The van der Waals surface area contributed by atoms with E-state index in [1.807, 2.05) is 36.4 Å². The number of anilines is 3. The molecule has 0 saturated heterocycles. The monoisotopic (exact) mass is 430 g/mol. The molecule has 0 spiro atoms. The number of carbonyl (C=O) groups excluding carboxylic acids is 3. The Balaban J connectivity index is 1.51. The maximum absolute atomic E-state index is 12.4. The third-order valence-corrected chi connectivity index (χ3v) is 4.62. The SMILES string of the molecule is CCC(=O)Nc1cccc(NCC(=O)Nc2cccc(C(=O)NCc3ccccc3)c2)c1. The molecule has 0 unspecified atom stereocenters. The highest BCUT2D eigenvalue weighted by Gasteiger charge is 2.08. The molecule has 0 aliphatic heterocycles. The lowest BCUT2D eigenvalue weighted by Gasteiger charge is -2.11. The van der Waals surface area contributed by atoms with Gasteiger partial charge in [0.25, 0.3) is 5.91 Å². The van der Waals surface area contributed by atoms with Crippen LogP contribution in [0.4, 0.5) is 17.1 Å². The zero-order chi connectivity index (χ0) is 22.8. The van der Waals surface area contributed by atoms with Crippen LogP contribution in [-0.4, -0.2) is 24.3 Å². The van der Waals surface area contributed by atoms with Crippen LogP contribution in [0.1, 0.15) is 29.3 Å². The Labute approximate surface area is 187 Å². The van der Waals surface area contributed by atoms with Crippen LogP contribution in [0, 0.1) is 0 Å². The Kier molecular flexibility index (Phi) is 7.97. The largest absolute Gasteiger partial charge is 0.376 e. The molecule has 3 aromatic carbocycles. The van der Waals surface area contributed by atoms with Crippen LogP contribution >= 0.6 is 0 Å². The Morgan fingerprint density at radius 2 is 1.38 bits per heavy atom. The van der Waals surface area contributed by atoms with Crippen LogP contribution in [0.5, 0.6) is 0 Å². The van der Waals surface area contributed by atoms with Crippen LogP contribution in [0.2, 0.25) is 0 Å². The highest BCUT2D eigenvalue weighted by molar-refractivity contribution is 5.98. The summed E-state index contributed by atoms with van der Waals surface area (Å²) in [5.74, 6) is -0.545. The zero-order valence-corrected chi connectivity index (χ0v) is 17.9. The maximum Gasteiger partial charge on any atom is 0.251 e. The second-order valence-electron chi connectivity index (χ2n) is 7.13. The van der Waals surface area contributed by atoms with Crippen molar-refractivity contribution >= 4 is 34.8 Å². The van der Waals surface area contributed by atoms with E-state index >= 15 is 0 Å². The summed E-state index contributed by atoms with van der Waals surface area (Å²) < 4.78 is 0. The number of benzene rings is 3. The molecule has 3 rings (SSSR count). The summed E-state index contributed by atoms with van der Waals surface area (Å²) in [6.07, 6.45) is 0.392. The molecule has 3 aromatic rings. The molecule has 3 amide bonds. The topological polar surface area (TPSA) is 99.3 Å².